The molecule has 3 heterocycles. The first-order valence-electron chi connectivity index (χ1n) is 15.0. The van der Waals surface area contributed by atoms with Gasteiger partial charge in [-0.05, 0) is 88.0 Å². The number of aromatic nitrogens is 3. The van der Waals surface area contributed by atoms with Gasteiger partial charge in [-0.15, -0.1) is 0 Å². The monoisotopic (exact) mass is 567 g/mol. The molecule has 4 aromatic carbocycles. The lowest BCUT2D eigenvalue weighted by molar-refractivity contribution is 1.33. The number of nitrogens with zero attached hydrogens (tertiary/aromatic N) is 3. The van der Waals surface area contributed by atoms with Crippen molar-refractivity contribution in [2.45, 2.75) is 13.8 Å². The summed E-state index contributed by atoms with van der Waals surface area (Å²) >= 11 is 0. The van der Waals surface area contributed by atoms with Gasteiger partial charge in [0.25, 0.3) is 0 Å². The van der Waals surface area contributed by atoms with E-state index in [1.54, 1.807) is 0 Å². The normalized spacial score (nSPS) is 10.5. The van der Waals surface area contributed by atoms with Crippen molar-refractivity contribution in [1.82, 2.24) is 15.0 Å². The van der Waals surface area contributed by atoms with Crippen LogP contribution >= 0.6 is 0 Å². The smallest absolute Gasteiger partial charge is 0.0701 e. The van der Waals surface area contributed by atoms with Gasteiger partial charge in [-0.2, -0.15) is 0 Å². The second-order valence-corrected chi connectivity index (χ2v) is 10.2. The average Bonchev–Trinajstić information content (AvgIpc) is 3.13. The Balaban J connectivity index is 0.00000168. The molecule has 0 saturated carbocycles. The lowest BCUT2D eigenvalue weighted by Gasteiger charge is -2.13. The van der Waals surface area contributed by atoms with E-state index in [1.165, 1.54) is 0 Å². The maximum atomic E-state index is 4.51. The quantitative estimate of drug-likeness (QED) is 0.201. The van der Waals surface area contributed by atoms with Gasteiger partial charge in [0, 0.05) is 35.3 Å². The van der Waals surface area contributed by atoms with E-state index in [4.69, 9.17) is 0 Å². The first kappa shape index (κ1) is 28.4. The largest absolute Gasteiger partial charge is 0.256 e. The van der Waals surface area contributed by atoms with Crippen LogP contribution < -0.4 is 0 Å². The lowest BCUT2D eigenvalue weighted by atomic mass is 9.92. The summed E-state index contributed by atoms with van der Waals surface area (Å²) in [5.41, 5.74) is 13.2. The van der Waals surface area contributed by atoms with E-state index in [0.717, 1.165) is 67.2 Å². The Labute approximate surface area is 259 Å². The van der Waals surface area contributed by atoms with Gasteiger partial charge in [0.2, 0.25) is 0 Å². The molecule has 3 heteroatoms. The molecule has 212 valence electrons. The molecule has 0 unspecified atom stereocenters. The minimum absolute atomic E-state index is 0.972. The molecule has 0 N–H and O–H groups in total. The SMILES string of the molecule is CC.c1ccc(-c2ccc(-c3cc(-c4ccc(-c5ccccn5)cc4)cc(-c4ccc(-c5ccccn5)cc4)c3)cc2)nc1. The third-order valence-corrected chi connectivity index (χ3v) is 7.47. The molecule has 0 aliphatic carbocycles. The number of pyridine rings is 3. The summed E-state index contributed by atoms with van der Waals surface area (Å²) in [4.78, 5) is 13.5. The van der Waals surface area contributed by atoms with Gasteiger partial charge < -0.3 is 0 Å². The molecule has 0 radical (unpaired) electrons. The van der Waals surface area contributed by atoms with Gasteiger partial charge in [0.05, 0.1) is 17.1 Å². The predicted molar refractivity (Wildman–Crippen MR) is 184 cm³/mol. The molecular formula is C41H33N3. The Morgan fingerprint density at radius 2 is 0.523 bits per heavy atom. The highest BCUT2D eigenvalue weighted by molar-refractivity contribution is 5.83. The average molecular weight is 568 g/mol. The molecule has 44 heavy (non-hydrogen) atoms. The molecule has 7 rings (SSSR count). The predicted octanol–water partition coefficient (Wildman–Crippen LogP) is 10.9. The Hall–Kier alpha value is -5.67. The Bertz CT molecular complexity index is 1670. The van der Waals surface area contributed by atoms with Crippen molar-refractivity contribution in [3.63, 3.8) is 0 Å². The highest BCUT2D eigenvalue weighted by Gasteiger charge is 2.10. The van der Waals surface area contributed by atoms with E-state index in [-0.39, 0.29) is 0 Å². The third-order valence-electron chi connectivity index (χ3n) is 7.47. The van der Waals surface area contributed by atoms with Crippen LogP contribution in [-0.4, -0.2) is 15.0 Å². The van der Waals surface area contributed by atoms with E-state index in [0.29, 0.717) is 0 Å². The van der Waals surface area contributed by atoms with Crippen LogP contribution in [0.1, 0.15) is 13.8 Å². The van der Waals surface area contributed by atoms with E-state index < -0.39 is 0 Å². The molecular weight excluding hydrogens is 534 g/mol. The molecule has 0 aliphatic rings. The molecule has 7 aromatic rings. The summed E-state index contributed by atoms with van der Waals surface area (Å²) in [6, 6.07) is 50.8. The first-order valence-corrected chi connectivity index (χ1v) is 15.0. The highest BCUT2D eigenvalue weighted by atomic mass is 14.7. The summed E-state index contributed by atoms with van der Waals surface area (Å²) < 4.78 is 0. The van der Waals surface area contributed by atoms with Gasteiger partial charge in [-0.25, -0.2) is 0 Å². The minimum Gasteiger partial charge on any atom is -0.256 e. The number of hydrogen-bond donors (Lipinski definition) is 0. The van der Waals surface area contributed by atoms with Crippen LogP contribution in [0.2, 0.25) is 0 Å². The van der Waals surface area contributed by atoms with Crippen molar-refractivity contribution in [2.75, 3.05) is 0 Å². The van der Waals surface area contributed by atoms with E-state index in [9.17, 15) is 0 Å². The van der Waals surface area contributed by atoms with Gasteiger partial charge in [-0.3, -0.25) is 15.0 Å². The van der Waals surface area contributed by atoms with Gasteiger partial charge in [0.1, 0.15) is 0 Å². The Morgan fingerprint density at radius 1 is 0.273 bits per heavy atom. The molecule has 0 fully saturated rings. The fraction of sp³-hybridized carbons (Fsp3) is 0.0488. The molecule has 3 nitrogen and oxygen atoms in total. The standard InChI is InChI=1S/C39H27N3.C2H6/c1-4-22-40-37(7-1)31-16-10-28(11-17-31)34-25-35(29-12-18-32(19-13-29)38-8-2-5-23-41-38)27-36(26-34)30-14-20-33(21-15-30)39-9-3-6-24-42-39;1-2/h1-27H;1-2H3. The van der Waals surface area contributed by atoms with Crippen LogP contribution in [0.5, 0.6) is 0 Å². The summed E-state index contributed by atoms with van der Waals surface area (Å²) in [6.45, 7) is 4.00. The maximum absolute atomic E-state index is 4.51. The van der Waals surface area contributed by atoms with Crippen molar-refractivity contribution in [1.29, 1.82) is 0 Å². The van der Waals surface area contributed by atoms with Crippen molar-refractivity contribution < 1.29 is 0 Å². The number of rotatable bonds is 6. The Kier molecular flexibility index (Phi) is 8.75. The zero-order valence-electron chi connectivity index (χ0n) is 24.9. The minimum atomic E-state index is 0.972. The van der Waals surface area contributed by atoms with E-state index in [1.807, 2.05) is 87.0 Å². The summed E-state index contributed by atoms with van der Waals surface area (Å²) in [7, 11) is 0. The van der Waals surface area contributed by atoms with E-state index in [2.05, 4.69) is 106 Å². The van der Waals surface area contributed by atoms with Crippen molar-refractivity contribution in [2.24, 2.45) is 0 Å². The molecule has 0 saturated heterocycles. The van der Waals surface area contributed by atoms with Gasteiger partial charge in [-0.1, -0.05) is 105 Å². The maximum Gasteiger partial charge on any atom is 0.0701 e. The second kappa shape index (κ2) is 13.5. The second-order valence-electron chi connectivity index (χ2n) is 10.2. The van der Waals surface area contributed by atoms with Gasteiger partial charge in [0.15, 0.2) is 0 Å². The van der Waals surface area contributed by atoms with Crippen LogP contribution in [0.4, 0.5) is 0 Å². The topological polar surface area (TPSA) is 38.7 Å². The van der Waals surface area contributed by atoms with Crippen molar-refractivity contribution in [3.05, 3.63) is 164 Å². The van der Waals surface area contributed by atoms with Gasteiger partial charge >= 0.3 is 0 Å². The highest BCUT2D eigenvalue weighted by Crippen LogP contribution is 2.35. The Morgan fingerprint density at radius 3 is 0.750 bits per heavy atom. The van der Waals surface area contributed by atoms with Crippen molar-refractivity contribution in [3.8, 4) is 67.2 Å². The van der Waals surface area contributed by atoms with Crippen LogP contribution in [0.3, 0.4) is 0 Å². The number of hydrogen-bond acceptors (Lipinski definition) is 3. The zero-order chi connectivity index (χ0) is 30.1. The molecule has 0 aliphatic heterocycles. The molecule has 0 bridgehead atoms. The molecule has 0 amide bonds. The molecule has 0 spiro atoms. The molecule has 3 aromatic heterocycles. The first-order chi connectivity index (χ1) is 21.8. The lowest BCUT2D eigenvalue weighted by Crippen LogP contribution is -1.88. The summed E-state index contributed by atoms with van der Waals surface area (Å²) in [5, 5.41) is 0. The van der Waals surface area contributed by atoms with Crippen LogP contribution in [0.15, 0.2) is 164 Å². The van der Waals surface area contributed by atoms with Crippen LogP contribution in [0.25, 0.3) is 67.2 Å². The zero-order valence-corrected chi connectivity index (χ0v) is 24.9. The van der Waals surface area contributed by atoms with Crippen molar-refractivity contribution >= 4 is 0 Å². The van der Waals surface area contributed by atoms with Crippen LogP contribution in [-0.2, 0) is 0 Å². The molecule has 0 atom stereocenters. The third kappa shape index (κ3) is 6.38. The number of benzene rings is 4. The van der Waals surface area contributed by atoms with E-state index >= 15 is 0 Å². The fourth-order valence-electron chi connectivity index (χ4n) is 5.23. The fourth-order valence-corrected chi connectivity index (χ4v) is 5.23. The van der Waals surface area contributed by atoms with Crippen LogP contribution in [0, 0.1) is 0 Å². The summed E-state index contributed by atoms with van der Waals surface area (Å²) in [5.74, 6) is 0. The summed E-state index contributed by atoms with van der Waals surface area (Å²) in [6.07, 6.45) is 5.49.